The summed E-state index contributed by atoms with van der Waals surface area (Å²) in [6.45, 7) is 5.32. The minimum absolute atomic E-state index is 0.569. The lowest BCUT2D eigenvalue weighted by Gasteiger charge is -2.20. The van der Waals surface area contributed by atoms with E-state index in [9.17, 15) is 0 Å². The zero-order valence-corrected chi connectivity index (χ0v) is 9.31. The van der Waals surface area contributed by atoms with Crippen LogP contribution in [0.3, 0.4) is 0 Å². The van der Waals surface area contributed by atoms with Gasteiger partial charge in [-0.1, -0.05) is 32.8 Å². The molecule has 0 saturated heterocycles. The molecule has 0 aliphatic heterocycles. The van der Waals surface area contributed by atoms with Crippen LogP contribution in [0.1, 0.15) is 37.5 Å². The van der Waals surface area contributed by atoms with Crippen molar-refractivity contribution in [2.45, 2.75) is 32.6 Å². The van der Waals surface area contributed by atoms with Gasteiger partial charge < -0.3 is 5.73 Å². The molecule has 0 fully saturated rings. The lowest BCUT2D eigenvalue weighted by atomic mass is 9.89. The summed E-state index contributed by atoms with van der Waals surface area (Å²) in [5.41, 5.74) is 5.80. The van der Waals surface area contributed by atoms with E-state index in [0.29, 0.717) is 11.8 Å². The summed E-state index contributed by atoms with van der Waals surface area (Å²) in [5, 5.41) is 2.14. The van der Waals surface area contributed by atoms with Crippen molar-refractivity contribution < 1.29 is 0 Å². The molecule has 1 aromatic heterocycles. The first-order chi connectivity index (χ1) is 6.29. The molecule has 74 valence electrons. The summed E-state index contributed by atoms with van der Waals surface area (Å²) in [5.74, 6) is 1.29. The first kappa shape index (κ1) is 10.7. The summed E-state index contributed by atoms with van der Waals surface area (Å²) in [4.78, 5) is 1.45. The van der Waals surface area contributed by atoms with E-state index in [1.54, 1.807) is 0 Å². The minimum atomic E-state index is 0.569. The normalized spacial score (nSPS) is 15.6. The van der Waals surface area contributed by atoms with Gasteiger partial charge in [0.1, 0.15) is 0 Å². The zero-order valence-electron chi connectivity index (χ0n) is 8.49. The van der Waals surface area contributed by atoms with Gasteiger partial charge in [0.05, 0.1) is 0 Å². The SMILES string of the molecule is CCCC(C)C(CN)c1cccs1. The van der Waals surface area contributed by atoms with E-state index in [2.05, 4.69) is 31.4 Å². The molecular formula is C11H19NS. The highest BCUT2D eigenvalue weighted by atomic mass is 32.1. The molecule has 2 N–H and O–H groups in total. The summed E-state index contributed by atoms with van der Waals surface area (Å²) >= 11 is 1.83. The standard InChI is InChI=1S/C11H19NS/c1-3-5-9(2)10(8-12)11-6-4-7-13-11/h4,6-7,9-10H,3,5,8,12H2,1-2H3. The van der Waals surface area contributed by atoms with Gasteiger partial charge in [0.25, 0.3) is 0 Å². The molecule has 1 aromatic rings. The first-order valence-corrected chi connectivity index (χ1v) is 5.91. The van der Waals surface area contributed by atoms with Crippen LogP contribution in [0.25, 0.3) is 0 Å². The maximum Gasteiger partial charge on any atom is 0.00914 e. The van der Waals surface area contributed by atoms with Crippen LogP contribution in [-0.4, -0.2) is 6.54 Å². The molecular weight excluding hydrogens is 178 g/mol. The van der Waals surface area contributed by atoms with Gasteiger partial charge in [-0.25, -0.2) is 0 Å². The van der Waals surface area contributed by atoms with Gasteiger partial charge in [0.15, 0.2) is 0 Å². The van der Waals surface area contributed by atoms with Crippen LogP contribution >= 0.6 is 11.3 Å². The number of nitrogens with two attached hydrogens (primary N) is 1. The van der Waals surface area contributed by atoms with Gasteiger partial charge in [-0.3, -0.25) is 0 Å². The van der Waals surface area contributed by atoms with Crippen LogP contribution in [-0.2, 0) is 0 Å². The number of hydrogen-bond acceptors (Lipinski definition) is 2. The van der Waals surface area contributed by atoms with Gasteiger partial charge in [0.2, 0.25) is 0 Å². The Kier molecular flexibility index (Phi) is 4.46. The van der Waals surface area contributed by atoms with Gasteiger partial charge in [-0.05, 0) is 17.4 Å². The third-order valence-electron chi connectivity index (χ3n) is 2.59. The van der Waals surface area contributed by atoms with E-state index in [1.165, 1.54) is 17.7 Å². The highest BCUT2D eigenvalue weighted by Gasteiger charge is 2.17. The van der Waals surface area contributed by atoms with Crippen molar-refractivity contribution in [1.82, 2.24) is 0 Å². The van der Waals surface area contributed by atoms with Gasteiger partial charge in [-0.15, -0.1) is 11.3 Å². The largest absolute Gasteiger partial charge is 0.330 e. The van der Waals surface area contributed by atoms with E-state index in [4.69, 9.17) is 5.73 Å². The smallest absolute Gasteiger partial charge is 0.00914 e. The molecule has 1 nitrogen and oxygen atoms in total. The molecule has 0 amide bonds. The van der Waals surface area contributed by atoms with E-state index >= 15 is 0 Å². The Morgan fingerprint density at radius 1 is 1.54 bits per heavy atom. The van der Waals surface area contributed by atoms with E-state index in [0.717, 1.165) is 6.54 Å². The Labute approximate surface area is 85.0 Å². The molecule has 0 aliphatic rings. The van der Waals surface area contributed by atoms with Crippen molar-refractivity contribution in [2.24, 2.45) is 11.7 Å². The second-order valence-electron chi connectivity index (χ2n) is 3.62. The van der Waals surface area contributed by atoms with E-state index in [1.807, 2.05) is 11.3 Å². The molecule has 0 aromatic carbocycles. The minimum Gasteiger partial charge on any atom is -0.330 e. The fourth-order valence-corrected chi connectivity index (χ4v) is 2.76. The number of hydrogen-bond donors (Lipinski definition) is 1. The summed E-state index contributed by atoms with van der Waals surface area (Å²) in [6, 6.07) is 4.32. The van der Waals surface area contributed by atoms with Crippen LogP contribution in [0, 0.1) is 5.92 Å². The summed E-state index contributed by atoms with van der Waals surface area (Å²) in [6.07, 6.45) is 2.53. The number of thiophene rings is 1. The average molecular weight is 197 g/mol. The molecule has 13 heavy (non-hydrogen) atoms. The summed E-state index contributed by atoms with van der Waals surface area (Å²) < 4.78 is 0. The van der Waals surface area contributed by atoms with Crippen LogP contribution in [0.2, 0.25) is 0 Å². The van der Waals surface area contributed by atoms with Crippen molar-refractivity contribution in [3.63, 3.8) is 0 Å². The Morgan fingerprint density at radius 3 is 2.77 bits per heavy atom. The van der Waals surface area contributed by atoms with Crippen molar-refractivity contribution >= 4 is 11.3 Å². The fraction of sp³-hybridized carbons (Fsp3) is 0.636. The van der Waals surface area contributed by atoms with Crippen LogP contribution in [0.4, 0.5) is 0 Å². The van der Waals surface area contributed by atoms with Crippen LogP contribution in [0.5, 0.6) is 0 Å². The Bertz CT molecular complexity index is 218. The third kappa shape index (κ3) is 2.82. The maximum atomic E-state index is 5.80. The third-order valence-corrected chi connectivity index (χ3v) is 3.60. The Balaban J connectivity index is 2.62. The molecule has 2 heteroatoms. The second-order valence-corrected chi connectivity index (χ2v) is 4.60. The van der Waals surface area contributed by atoms with Gasteiger partial charge in [0, 0.05) is 17.3 Å². The monoisotopic (exact) mass is 197 g/mol. The maximum absolute atomic E-state index is 5.80. The molecule has 0 aliphatic carbocycles. The molecule has 1 rings (SSSR count). The van der Waals surface area contributed by atoms with E-state index < -0.39 is 0 Å². The highest BCUT2D eigenvalue weighted by molar-refractivity contribution is 7.10. The molecule has 2 atom stereocenters. The van der Waals surface area contributed by atoms with Crippen molar-refractivity contribution in [3.05, 3.63) is 22.4 Å². The Hall–Kier alpha value is -0.340. The number of rotatable bonds is 5. The van der Waals surface area contributed by atoms with E-state index in [-0.39, 0.29) is 0 Å². The molecule has 0 spiro atoms. The molecule has 0 saturated carbocycles. The molecule has 1 heterocycles. The first-order valence-electron chi connectivity index (χ1n) is 5.03. The predicted molar refractivity (Wildman–Crippen MR) is 60.2 cm³/mol. The quantitative estimate of drug-likeness (QED) is 0.770. The molecule has 0 radical (unpaired) electrons. The highest BCUT2D eigenvalue weighted by Crippen LogP contribution is 2.29. The average Bonchev–Trinajstić information content (AvgIpc) is 2.59. The van der Waals surface area contributed by atoms with Crippen molar-refractivity contribution in [3.8, 4) is 0 Å². The second kappa shape index (κ2) is 5.40. The molecule has 0 bridgehead atoms. The zero-order chi connectivity index (χ0) is 9.68. The van der Waals surface area contributed by atoms with Gasteiger partial charge >= 0.3 is 0 Å². The predicted octanol–water partition coefficient (Wildman–Crippen LogP) is 3.23. The van der Waals surface area contributed by atoms with Crippen molar-refractivity contribution in [2.75, 3.05) is 6.54 Å². The Morgan fingerprint density at radius 2 is 2.31 bits per heavy atom. The lowest BCUT2D eigenvalue weighted by Crippen LogP contribution is -2.18. The topological polar surface area (TPSA) is 26.0 Å². The van der Waals surface area contributed by atoms with Gasteiger partial charge in [-0.2, -0.15) is 0 Å². The van der Waals surface area contributed by atoms with Crippen LogP contribution < -0.4 is 5.73 Å². The van der Waals surface area contributed by atoms with Crippen molar-refractivity contribution in [1.29, 1.82) is 0 Å². The lowest BCUT2D eigenvalue weighted by molar-refractivity contribution is 0.435. The van der Waals surface area contributed by atoms with Crippen LogP contribution in [0.15, 0.2) is 17.5 Å². The molecule has 2 unspecified atom stereocenters. The fourth-order valence-electron chi connectivity index (χ4n) is 1.79. The summed E-state index contributed by atoms with van der Waals surface area (Å²) in [7, 11) is 0.